The average molecular weight is 830 g/mol. The Morgan fingerprint density at radius 1 is 0.638 bits per heavy atom. The first-order valence-corrected chi connectivity index (χ1v) is 19.5. The van der Waals surface area contributed by atoms with Crippen LogP contribution in [0.5, 0.6) is 11.5 Å². The Bertz CT molecular complexity index is 2270. The van der Waals surface area contributed by atoms with Crippen LogP contribution in [-0.2, 0) is 0 Å². The van der Waals surface area contributed by atoms with Crippen LogP contribution in [0.25, 0.3) is 22.5 Å². The lowest BCUT2D eigenvalue weighted by atomic mass is 9.94. The van der Waals surface area contributed by atoms with E-state index in [0.717, 1.165) is 11.4 Å². The largest absolute Gasteiger partial charge is 0.495 e. The van der Waals surface area contributed by atoms with E-state index in [-0.39, 0.29) is 64.8 Å². The van der Waals surface area contributed by atoms with Gasteiger partial charge in [-0.25, -0.2) is 13.6 Å². The van der Waals surface area contributed by atoms with Crippen LogP contribution in [-0.4, -0.2) is 79.6 Å². The molecule has 8 rings (SSSR count). The maximum Gasteiger partial charge on any atom is 0.321 e. The number of amides is 2. The molecule has 4 aromatic carbocycles. The molecule has 2 amide bonds. The van der Waals surface area contributed by atoms with E-state index in [1.165, 1.54) is 24.3 Å². The fourth-order valence-electron chi connectivity index (χ4n) is 8.25. The zero-order chi connectivity index (χ0) is 40.7. The highest BCUT2D eigenvalue weighted by atomic mass is 35.5. The molecule has 4 heterocycles. The minimum atomic E-state index is -0.708. The van der Waals surface area contributed by atoms with Crippen LogP contribution in [0.3, 0.4) is 0 Å². The van der Waals surface area contributed by atoms with Crippen molar-refractivity contribution >= 4 is 40.6 Å². The second-order valence-corrected chi connectivity index (χ2v) is 14.9. The molecule has 0 saturated carbocycles. The zero-order valence-corrected chi connectivity index (χ0v) is 33.7. The normalized spacial score (nSPS) is 17.2. The minimum absolute atomic E-state index is 0.0765. The van der Waals surface area contributed by atoms with Crippen LogP contribution in [0, 0.1) is 25.5 Å². The van der Waals surface area contributed by atoms with Gasteiger partial charge in [0, 0.05) is 50.4 Å². The SMILES string of the molecule is COc1ccccc1N1CCN(C(=O)N2CCN(c3ccccc3OC)CC2c2c(-c3c(F)cccc3Cl)noc2C)C(c2c(-c3c(F)cccc3Cl)noc2C)C1. The molecule has 0 radical (unpaired) electrons. The van der Waals surface area contributed by atoms with Crippen LogP contribution in [0.15, 0.2) is 94.0 Å². The minimum Gasteiger partial charge on any atom is -0.495 e. The Balaban J connectivity index is 1.26. The van der Waals surface area contributed by atoms with E-state index in [1.54, 1.807) is 50.0 Å². The van der Waals surface area contributed by atoms with Gasteiger partial charge in [-0.1, -0.05) is 69.9 Å². The third-order valence-corrected chi connectivity index (χ3v) is 11.6. The number of aromatic nitrogens is 2. The molecule has 300 valence electrons. The van der Waals surface area contributed by atoms with Gasteiger partial charge in [-0.15, -0.1) is 0 Å². The number of hydrogen-bond acceptors (Lipinski definition) is 9. The molecular formula is C43H40Cl2F2N6O5. The summed E-state index contributed by atoms with van der Waals surface area (Å²) in [5.74, 6) is 0.982. The molecule has 0 aliphatic carbocycles. The molecule has 15 heteroatoms. The highest BCUT2D eigenvalue weighted by molar-refractivity contribution is 6.33. The van der Waals surface area contributed by atoms with Gasteiger partial charge in [0.2, 0.25) is 0 Å². The Hall–Kier alpha value is -5.79. The third kappa shape index (κ3) is 6.96. The van der Waals surface area contributed by atoms with Gasteiger partial charge in [0.25, 0.3) is 0 Å². The number of aryl methyl sites for hydroxylation is 2. The van der Waals surface area contributed by atoms with Gasteiger partial charge in [-0.3, -0.25) is 0 Å². The maximum absolute atomic E-state index is 15.6. The van der Waals surface area contributed by atoms with Gasteiger partial charge >= 0.3 is 6.03 Å². The monoisotopic (exact) mass is 828 g/mol. The highest BCUT2D eigenvalue weighted by Gasteiger charge is 2.44. The van der Waals surface area contributed by atoms with Crippen LogP contribution in [0.1, 0.15) is 34.7 Å². The van der Waals surface area contributed by atoms with E-state index in [9.17, 15) is 0 Å². The summed E-state index contributed by atoms with van der Waals surface area (Å²) >= 11 is 13.3. The molecule has 2 unspecified atom stereocenters. The summed E-state index contributed by atoms with van der Waals surface area (Å²) in [6, 6.07) is 22.4. The molecule has 0 N–H and O–H groups in total. The average Bonchev–Trinajstić information content (AvgIpc) is 3.81. The quantitative estimate of drug-likeness (QED) is 0.149. The van der Waals surface area contributed by atoms with E-state index in [0.29, 0.717) is 47.2 Å². The Labute approximate surface area is 344 Å². The van der Waals surface area contributed by atoms with E-state index in [2.05, 4.69) is 20.1 Å². The van der Waals surface area contributed by atoms with E-state index >= 15 is 13.6 Å². The summed E-state index contributed by atoms with van der Waals surface area (Å²) in [5, 5.41) is 8.96. The van der Waals surface area contributed by atoms with Crippen molar-refractivity contribution in [1.82, 2.24) is 20.1 Å². The molecule has 11 nitrogen and oxygen atoms in total. The van der Waals surface area contributed by atoms with Crippen LogP contribution in [0.4, 0.5) is 25.0 Å². The number of halogens is 4. The summed E-state index contributed by atoms with van der Waals surface area (Å²) in [6.45, 7) is 5.43. The molecule has 0 spiro atoms. The number of piperazine rings is 2. The van der Waals surface area contributed by atoms with Crippen LogP contribution in [0.2, 0.25) is 10.0 Å². The molecule has 58 heavy (non-hydrogen) atoms. The van der Waals surface area contributed by atoms with Crippen molar-refractivity contribution in [3.63, 3.8) is 0 Å². The summed E-state index contributed by atoms with van der Waals surface area (Å²) in [4.78, 5) is 23.4. The molecule has 2 aliphatic rings. The fraction of sp³-hybridized carbons (Fsp3) is 0.279. The number of carbonyl (C=O) groups is 1. The summed E-state index contributed by atoms with van der Waals surface area (Å²) in [6.07, 6.45) is 0. The number of hydrogen-bond donors (Lipinski definition) is 0. The van der Waals surface area contributed by atoms with Crippen LogP contribution >= 0.6 is 23.2 Å². The third-order valence-electron chi connectivity index (χ3n) is 11.0. The summed E-state index contributed by atoms with van der Waals surface area (Å²) in [5.41, 5.74) is 3.25. The van der Waals surface area contributed by atoms with Crippen molar-refractivity contribution in [3.8, 4) is 34.0 Å². The second-order valence-electron chi connectivity index (χ2n) is 14.1. The van der Waals surface area contributed by atoms with Gasteiger partial charge in [-0.05, 0) is 62.4 Å². The molecule has 6 aromatic rings. The highest BCUT2D eigenvalue weighted by Crippen LogP contribution is 2.45. The molecule has 2 aromatic heterocycles. The summed E-state index contributed by atoms with van der Waals surface area (Å²) in [7, 11) is 3.22. The lowest BCUT2D eigenvalue weighted by Crippen LogP contribution is -2.59. The number of benzene rings is 4. The van der Waals surface area contributed by atoms with Crippen molar-refractivity contribution in [2.75, 3.05) is 63.3 Å². The van der Waals surface area contributed by atoms with Crippen molar-refractivity contribution in [1.29, 1.82) is 0 Å². The number of urea groups is 1. The molecule has 0 bridgehead atoms. The lowest BCUT2D eigenvalue weighted by molar-refractivity contribution is 0.104. The molecule has 2 aliphatic heterocycles. The lowest BCUT2D eigenvalue weighted by Gasteiger charge is -2.48. The Kier molecular flexibility index (Phi) is 10.9. The first-order chi connectivity index (χ1) is 28.1. The summed E-state index contributed by atoms with van der Waals surface area (Å²) < 4.78 is 54.3. The van der Waals surface area contributed by atoms with Crippen molar-refractivity contribution in [3.05, 3.63) is 129 Å². The van der Waals surface area contributed by atoms with E-state index in [1.807, 2.05) is 48.5 Å². The van der Waals surface area contributed by atoms with Gasteiger partial charge in [0.15, 0.2) is 0 Å². The smallest absolute Gasteiger partial charge is 0.321 e. The number of rotatable bonds is 8. The van der Waals surface area contributed by atoms with Crippen molar-refractivity contribution in [2.24, 2.45) is 0 Å². The zero-order valence-electron chi connectivity index (χ0n) is 32.2. The second kappa shape index (κ2) is 16.2. The first-order valence-electron chi connectivity index (χ1n) is 18.8. The number of ether oxygens (including phenoxy) is 2. The van der Waals surface area contributed by atoms with Gasteiger partial charge in [0.1, 0.15) is 46.0 Å². The number of nitrogens with zero attached hydrogens (tertiary/aromatic N) is 6. The fourth-order valence-corrected chi connectivity index (χ4v) is 8.76. The topological polar surface area (TPSA) is 101 Å². The number of para-hydroxylation sites is 4. The predicted molar refractivity (Wildman–Crippen MR) is 218 cm³/mol. The van der Waals surface area contributed by atoms with E-state index < -0.39 is 23.7 Å². The van der Waals surface area contributed by atoms with E-state index in [4.69, 9.17) is 41.7 Å². The maximum atomic E-state index is 15.6. The molecule has 2 fully saturated rings. The molecular weight excluding hydrogens is 789 g/mol. The number of methoxy groups -OCH3 is 2. The Morgan fingerprint density at radius 2 is 1.05 bits per heavy atom. The predicted octanol–water partition coefficient (Wildman–Crippen LogP) is 9.76. The molecule has 2 saturated heterocycles. The van der Waals surface area contributed by atoms with Crippen molar-refractivity contribution in [2.45, 2.75) is 25.9 Å². The van der Waals surface area contributed by atoms with Crippen molar-refractivity contribution < 1.29 is 32.1 Å². The standard InChI is InChI=1S/C43H40Cl2F2N6O5/c1-25-37(41(48-57-25)39-27(44)11-9-13-29(39)46)33-23-50(31-15-5-7-17-35(31)55-3)19-21-52(33)43(54)53-22-20-51(32-16-6-8-18-36(32)56-4)24-34(53)38-26(2)58-49-42(38)40-28(45)12-10-14-30(40)47/h5-18,33-34H,19-24H2,1-4H3. The molecule has 2 atom stereocenters. The van der Waals surface area contributed by atoms with Gasteiger partial charge in [-0.2, -0.15) is 0 Å². The number of carbonyl (C=O) groups excluding carboxylic acids is 1. The Morgan fingerprint density at radius 3 is 1.45 bits per heavy atom. The van der Waals surface area contributed by atoms with Gasteiger partial charge in [0.05, 0.1) is 58.9 Å². The first kappa shape index (κ1) is 39.1. The van der Waals surface area contributed by atoms with Gasteiger partial charge < -0.3 is 38.1 Å². The number of anilines is 2. The van der Waals surface area contributed by atoms with Crippen LogP contribution < -0.4 is 19.3 Å².